The van der Waals surface area contributed by atoms with Crippen molar-refractivity contribution in [2.45, 2.75) is 6.92 Å². The van der Waals surface area contributed by atoms with Crippen LogP contribution in [0.3, 0.4) is 0 Å². The van der Waals surface area contributed by atoms with Gasteiger partial charge in [-0.1, -0.05) is 12.2 Å². The summed E-state index contributed by atoms with van der Waals surface area (Å²) in [5.41, 5.74) is 6.96. The first-order valence-corrected chi connectivity index (χ1v) is 5.26. The summed E-state index contributed by atoms with van der Waals surface area (Å²) in [5, 5.41) is 8.21. The fraction of sp³-hybridized carbons (Fsp3) is 0.333. The lowest BCUT2D eigenvalue weighted by Gasteiger charge is -2.03. The monoisotopic (exact) mass is 252 g/mol. The third-order valence-corrected chi connectivity index (χ3v) is 2.39. The zero-order chi connectivity index (χ0) is 12.6. The van der Waals surface area contributed by atoms with Crippen LogP contribution in [-0.4, -0.2) is 29.5 Å². The predicted molar refractivity (Wildman–Crippen MR) is 64.9 cm³/mol. The largest absolute Gasteiger partial charge is 0.404 e. The van der Waals surface area contributed by atoms with Crippen LogP contribution >= 0.6 is 12.2 Å². The van der Waals surface area contributed by atoms with Gasteiger partial charge in [-0.25, -0.2) is 4.68 Å². The van der Waals surface area contributed by atoms with E-state index >= 15 is 0 Å². The number of aromatic nitrogens is 5. The van der Waals surface area contributed by atoms with Crippen LogP contribution in [0.15, 0.2) is 6.33 Å². The molecule has 2 N–H and O–H groups in total. The van der Waals surface area contributed by atoms with Gasteiger partial charge < -0.3 is 10.5 Å². The second kappa shape index (κ2) is 4.13. The molecule has 0 spiro atoms. The highest BCUT2D eigenvalue weighted by Crippen LogP contribution is 2.24. The molecule has 7 nitrogen and oxygen atoms in total. The molecule has 0 aliphatic carbocycles. The van der Waals surface area contributed by atoms with E-state index in [0.29, 0.717) is 17.1 Å². The Bertz CT molecular complexity index is 572. The molecule has 0 aliphatic rings. The minimum atomic E-state index is 0.230. The molecule has 90 valence electrons. The number of nitrogens with zero attached hydrogens (tertiary/aromatic N) is 5. The highest BCUT2D eigenvalue weighted by Gasteiger charge is 2.18. The lowest BCUT2D eigenvalue weighted by Crippen LogP contribution is -2.11. The summed E-state index contributed by atoms with van der Waals surface area (Å²) in [6, 6.07) is 0.230. The maximum Gasteiger partial charge on any atom is 0.342 e. The average molecular weight is 252 g/mol. The maximum atomic E-state index is 5.64. The van der Waals surface area contributed by atoms with Gasteiger partial charge >= 0.3 is 6.01 Å². The Morgan fingerprint density at radius 2 is 2.12 bits per heavy atom. The van der Waals surface area contributed by atoms with Gasteiger partial charge in [0.1, 0.15) is 11.3 Å². The van der Waals surface area contributed by atoms with Gasteiger partial charge in [0.2, 0.25) is 5.88 Å². The van der Waals surface area contributed by atoms with Crippen LogP contribution in [0, 0.1) is 6.92 Å². The predicted octanol–water partition coefficient (Wildman–Crippen LogP) is 0.284. The minimum Gasteiger partial charge on any atom is -0.404 e. The molecular weight excluding hydrogens is 240 g/mol. The van der Waals surface area contributed by atoms with Crippen LogP contribution in [-0.2, 0) is 14.1 Å². The summed E-state index contributed by atoms with van der Waals surface area (Å²) in [5.74, 6) is 0.446. The topological polar surface area (TPSA) is 83.8 Å². The fourth-order valence-corrected chi connectivity index (χ4v) is 1.73. The number of hydrogen-bond donors (Lipinski definition) is 1. The summed E-state index contributed by atoms with van der Waals surface area (Å²) in [7, 11) is 3.50. The van der Waals surface area contributed by atoms with Gasteiger partial charge in [0.25, 0.3) is 0 Å². The van der Waals surface area contributed by atoms with E-state index in [4.69, 9.17) is 22.7 Å². The Labute approximate surface area is 103 Å². The molecule has 2 rings (SSSR count). The molecule has 0 saturated heterocycles. The van der Waals surface area contributed by atoms with Crippen molar-refractivity contribution in [1.82, 2.24) is 24.5 Å². The van der Waals surface area contributed by atoms with Crippen LogP contribution in [0.25, 0.3) is 0 Å². The van der Waals surface area contributed by atoms with E-state index in [-0.39, 0.29) is 11.0 Å². The first-order chi connectivity index (χ1) is 7.99. The molecule has 0 bridgehead atoms. The second-order valence-corrected chi connectivity index (χ2v) is 4.00. The number of hydrogen-bond acceptors (Lipinski definition) is 5. The zero-order valence-corrected chi connectivity index (χ0v) is 10.5. The normalized spacial score (nSPS) is 10.5. The molecular formula is C9H12N6OS. The van der Waals surface area contributed by atoms with Crippen molar-refractivity contribution in [3.05, 3.63) is 17.6 Å². The van der Waals surface area contributed by atoms with Gasteiger partial charge in [0, 0.05) is 14.1 Å². The van der Waals surface area contributed by atoms with Crippen molar-refractivity contribution in [2.24, 2.45) is 19.8 Å². The van der Waals surface area contributed by atoms with Crippen molar-refractivity contribution in [1.29, 1.82) is 0 Å². The first-order valence-electron chi connectivity index (χ1n) is 4.86. The summed E-state index contributed by atoms with van der Waals surface area (Å²) in [6.45, 7) is 1.81. The molecule has 0 aromatic carbocycles. The van der Waals surface area contributed by atoms with Crippen molar-refractivity contribution in [3.63, 3.8) is 0 Å². The molecule has 0 atom stereocenters. The molecule has 8 heteroatoms. The number of thiocarbonyl (C=S) groups is 1. The van der Waals surface area contributed by atoms with Gasteiger partial charge in [-0.05, 0) is 6.92 Å². The van der Waals surface area contributed by atoms with Gasteiger partial charge in [0.15, 0.2) is 0 Å². The van der Waals surface area contributed by atoms with E-state index in [9.17, 15) is 0 Å². The van der Waals surface area contributed by atoms with Gasteiger partial charge in [0.05, 0.1) is 11.3 Å². The number of aryl methyl sites for hydroxylation is 3. The highest BCUT2D eigenvalue weighted by atomic mass is 32.1. The summed E-state index contributed by atoms with van der Waals surface area (Å²) in [4.78, 5) is 4.20. The molecule has 2 aromatic heterocycles. The van der Waals surface area contributed by atoms with E-state index in [1.165, 1.54) is 0 Å². The molecule has 0 amide bonds. The summed E-state index contributed by atoms with van der Waals surface area (Å²) < 4.78 is 8.63. The molecule has 2 heterocycles. The minimum absolute atomic E-state index is 0.230. The Hall–Kier alpha value is -1.96. The van der Waals surface area contributed by atoms with E-state index in [1.54, 1.807) is 29.8 Å². The second-order valence-electron chi connectivity index (χ2n) is 3.56. The quantitative estimate of drug-likeness (QED) is 0.790. The van der Waals surface area contributed by atoms with Crippen molar-refractivity contribution in [3.8, 4) is 11.9 Å². The van der Waals surface area contributed by atoms with Crippen LogP contribution in [0.4, 0.5) is 0 Å². The van der Waals surface area contributed by atoms with Gasteiger partial charge in [-0.15, -0.1) is 5.10 Å². The molecule has 0 saturated carbocycles. The Morgan fingerprint density at radius 3 is 2.65 bits per heavy atom. The number of nitrogens with two attached hydrogens (primary N) is 1. The Morgan fingerprint density at radius 1 is 1.41 bits per heavy atom. The number of ether oxygens (including phenoxy) is 1. The van der Waals surface area contributed by atoms with E-state index in [2.05, 4.69) is 15.2 Å². The van der Waals surface area contributed by atoms with Crippen LogP contribution in [0.5, 0.6) is 11.9 Å². The van der Waals surface area contributed by atoms with Crippen molar-refractivity contribution >= 4 is 17.2 Å². The third-order valence-electron chi connectivity index (χ3n) is 2.18. The molecule has 0 fully saturated rings. The SMILES string of the molecule is Cc1nn(C)c(Oc2ncn(C)n2)c1C(N)=S. The average Bonchev–Trinajstić information content (AvgIpc) is 2.72. The van der Waals surface area contributed by atoms with Gasteiger partial charge in [-0.3, -0.25) is 4.68 Å². The third kappa shape index (κ3) is 2.11. The lowest BCUT2D eigenvalue weighted by molar-refractivity contribution is 0.396. The van der Waals surface area contributed by atoms with E-state index in [0.717, 1.165) is 0 Å². The zero-order valence-electron chi connectivity index (χ0n) is 9.71. The molecule has 0 aliphatic heterocycles. The summed E-state index contributed by atoms with van der Waals surface area (Å²) in [6.07, 6.45) is 1.54. The fourth-order valence-electron chi connectivity index (χ4n) is 1.49. The Balaban J connectivity index is 2.41. The van der Waals surface area contributed by atoms with Crippen LogP contribution < -0.4 is 10.5 Å². The summed E-state index contributed by atoms with van der Waals surface area (Å²) >= 11 is 4.97. The van der Waals surface area contributed by atoms with Crippen molar-refractivity contribution in [2.75, 3.05) is 0 Å². The van der Waals surface area contributed by atoms with E-state index < -0.39 is 0 Å². The molecule has 17 heavy (non-hydrogen) atoms. The van der Waals surface area contributed by atoms with Crippen molar-refractivity contribution < 1.29 is 4.74 Å². The Kier molecular flexibility index (Phi) is 2.80. The molecule has 2 aromatic rings. The molecule has 0 unspecified atom stereocenters. The maximum absolute atomic E-state index is 5.64. The lowest BCUT2D eigenvalue weighted by atomic mass is 10.2. The van der Waals surface area contributed by atoms with E-state index in [1.807, 2.05) is 6.92 Å². The van der Waals surface area contributed by atoms with Crippen LogP contribution in [0.2, 0.25) is 0 Å². The smallest absolute Gasteiger partial charge is 0.342 e. The van der Waals surface area contributed by atoms with Gasteiger partial charge in [-0.2, -0.15) is 10.1 Å². The standard InChI is InChI=1S/C9H12N6OS/c1-5-6(7(10)17)8(15(3)12-5)16-9-11-4-14(2)13-9/h4H,1-3H3,(H2,10,17). The first kappa shape index (κ1) is 11.5. The highest BCUT2D eigenvalue weighted by molar-refractivity contribution is 7.80. The van der Waals surface area contributed by atoms with Crippen LogP contribution in [0.1, 0.15) is 11.3 Å². The number of rotatable bonds is 3. The molecule has 0 radical (unpaired) electrons.